The van der Waals surface area contributed by atoms with Crippen molar-refractivity contribution in [2.75, 3.05) is 20.1 Å². The second-order valence-corrected chi connectivity index (χ2v) is 5.29. The molecule has 1 fully saturated rings. The Morgan fingerprint density at radius 3 is 2.94 bits per heavy atom. The normalized spacial score (nSPS) is 29.1. The molecule has 0 aromatic heterocycles. The van der Waals surface area contributed by atoms with Crippen LogP contribution >= 0.6 is 0 Å². The highest BCUT2D eigenvalue weighted by atomic mass is 16.4. The number of carboxylic acid groups (broad SMARTS) is 1. The van der Waals surface area contributed by atoms with E-state index in [1.54, 1.807) is 0 Å². The van der Waals surface area contributed by atoms with E-state index in [4.69, 9.17) is 5.11 Å². The molecule has 2 unspecified atom stereocenters. The molecule has 18 heavy (non-hydrogen) atoms. The summed E-state index contributed by atoms with van der Waals surface area (Å²) in [6, 6.07) is 8.25. The second-order valence-electron chi connectivity index (χ2n) is 5.29. The topological polar surface area (TPSA) is 40.5 Å². The fourth-order valence-corrected chi connectivity index (χ4v) is 3.40. The predicted molar refractivity (Wildman–Crippen MR) is 70.4 cm³/mol. The summed E-state index contributed by atoms with van der Waals surface area (Å²) in [6.07, 6.45) is 2.46. The Bertz CT molecular complexity index is 521. The summed E-state index contributed by atoms with van der Waals surface area (Å²) in [7, 11) is 2.14. The van der Waals surface area contributed by atoms with Crippen LogP contribution in [0.1, 0.15) is 23.5 Å². The van der Waals surface area contributed by atoms with Crippen LogP contribution in [0.4, 0.5) is 0 Å². The summed E-state index contributed by atoms with van der Waals surface area (Å²) in [6.45, 7) is 2.07. The first kappa shape index (κ1) is 11.5. The van der Waals surface area contributed by atoms with Crippen molar-refractivity contribution in [3.63, 3.8) is 0 Å². The van der Waals surface area contributed by atoms with Gasteiger partial charge in [-0.05, 0) is 42.6 Å². The van der Waals surface area contributed by atoms with Gasteiger partial charge in [-0.1, -0.05) is 24.3 Å². The van der Waals surface area contributed by atoms with Crippen LogP contribution in [0.25, 0.3) is 5.57 Å². The first-order valence-corrected chi connectivity index (χ1v) is 6.39. The minimum absolute atomic E-state index is 0.384. The van der Waals surface area contributed by atoms with E-state index in [1.807, 2.05) is 12.1 Å². The highest BCUT2D eigenvalue weighted by Gasteiger charge is 2.39. The molecule has 0 saturated carbocycles. The lowest BCUT2D eigenvalue weighted by molar-refractivity contribution is -0.131. The van der Waals surface area contributed by atoms with Crippen LogP contribution in [-0.4, -0.2) is 36.1 Å². The lowest BCUT2D eigenvalue weighted by Gasteiger charge is -2.33. The van der Waals surface area contributed by atoms with Gasteiger partial charge in [0.15, 0.2) is 0 Å². The molecule has 3 rings (SSSR count). The lowest BCUT2D eigenvalue weighted by atomic mass is 9.84. The Labute approximate surface area is 107 Å². The van der Waals surface area contributed by atoms with Gasteiger partial charge in [-0.3, -0.25) is 0 Å². The summed E-state index contributed by atoms with van der Waals surface area (Å²) < 4.78 is 0. The molecule has 0 radical (unpaired) electrons. The average molecular weight is 243 g/mol. The Hall–Kier alpha value is -1.61. The van der Waals surface area contributed by atoms with E-state index in [1.165, 1.54) is 11.6 Å². The van der Waals surface area contributed by atoms with Crippen molar-refractivity contribution in [1.29, 1.82) is 0 Å². The number of piperidine rings is 1. The van der Waals surface area contributed by atoms with Gasteiger partial charge in [-0.2, -0.15) is 0 Å². The Morgan fingerprint density at radius 1 is 1.39 bits per heavy atom. The van der Waals surface area contributed by atoms with Crippen molar-refractivity contribution in [2.45, 2.75) is 12.3 Å². The van der Waals surface area contributed by atoms with Crippen LogP contribution in [0, 0.1) is 5.92 Å². The maximum atomic E-state index is 11.0. The van der Waals surface area contributed by atoms with Gasteiger partial charge >= 0.3 is 5.97 Å². The minimum Gasteiger partial charge on any atom is -0.478 e. The molecule has 3 nitrogen and oxygen atoms in total. The standard InChI is InChI=1S/C15H17NO2/c1-16-7-6-12-13(8-15(17)18)10-4-2-3-5-11(10)14(12)9-16/h2-5,8,12,14H,6-7,9H2,1H3,(H,17,18)/b13-8+. The first-order chi connectivity index (χ1) is 8.66. The van der Waals surface area contributed by atoms with Crippen molar-refractivity contribution in [3.05, 3.63) is 41.5 Å². The lowest BCUT2D eigenvalue weighted by Crippen LogP contribution is -2.34. The number of hydrogen-bond acceptors (Lipinski definition) is 2. The maximum Gasteiger partial charge on any atom is 0.328 e. The number of benzene rings is 1. The van der Waals surface area contributed by atoms with Gasteiger partial charge in [0.05, 0.1) is 0 Å². The monoisotopic (exact) mass is 243 g/mol. The second kappa shape index (κ2) is 4.25. The average Bonchev–Trinajstić information content (AvgIpc) is 2.64. The molecule has 0 spiro atoms. The van der Waals surface area contributed by atoms with Crippen molar-refractivity contribution in [1.82, 2.24) is 4.90 Å². The largest absolute Gasteiger partial charge is 0.478 e. The van der Waals surface area contributed by atoms with Crippen LogP contribution in [0.5, 0.6) is 0 Å². The summed E-state index contributed by atoms with van der Waals surface area (Å²) in [5.41, 5.74) is 3.49. The Balaban J connectivity index is 2.09. The fraction of sp³-hybridized carbons (Fsp3) is 0.400. The van der Waals surface area contributed by atoms with E-state index in [2.05, 4.69) is 24.1 Å². The van der Waals surface area contributed by atoms with Gasteiger partial charge in [0.25, 0.3) is 0 Å². The molecule has 1 aromatic carbocycles. The van der Waals surface area contributed by atoms with Gasteiger partial charge in [0, 0.05) is 18.5 Å². The van der Waals surface area contributed by atoms with Crippen LogP contribution < -0.4 is 0 Å². The van der Waals surface area contributed by atoms with Crippen LogP contribution in [0.3, 0.4) is 0 Å². The molecule has 3 heteroatoms. The highest BCUT2D eigenvalue weighted by molar-refractivity contribution is 5.93. The molecule has 1 N–H and O–H groups in total. The molecule has 0 amide bonds. The van der Waals surface area contributed by atoms with Gasteiger partial charge in [-0.15, -0.1) is 0 Å². The molecular formula is C15H17NO2. The summed E-state index contributed by atoms with van der Waals surface area (Å²) in [4.78, 5) is 13.4. The SMILES string of the molecule is CN1CCC2/C(=C/C(=O)O)c3ccccc3C2C1. The third-order valence-corrected chi connectivity index (χ3v) is 4.17. The van der Waals surface area contributed by atoms with E-state index in [0.717, 1.165) is 30.6 Å². The van der Waals surface area contributed by atoms with Crippen LogP contribution in [-0.2, 0) is 4.79 Å². The zero-order valence-corrected chi connectivity index (χ0v) is 10.5. The zero-order chi connectivity index (χ0) is 12.7. The maximum absolute atomic E-state index is 11.0. The molecule has 1 saturated heterocycles. The molecule has 1 aromatic rings. The van der Waals surface area contributed by atoms with E-state index >= 15 is 0 Å². The number of rotatable bonds is 1. The smallest absolute Gasteiger partial charge is 0.328 e. The Kier molecular flexibility index (Phi) is 2.71. The number of fused-ring (bicyclic) bond motifs is 3. The van der Waals surface area contributed by atoms with Crippen molar-refractivity contribution < 1.29 is 9.90 Å². The zero-order valence-electron chi connectivity index (χ0n) is 10.5. The van der Waals surface area contributed by atoms with Gasteiger partial charge < -0.3 is 10.0 Å². The van der Waals surface area contributed by atoms with Gasteiger partial charge in [-0.25, -0.2) is 4.79 Å². The number of hydrogen-bond donors (Lipinski definition) is 1. The van der Waals surface area contributed by atoms with Gasteiger partial charge in [0.1, 0.15) is 0 Å². The number of nitrogens with zero attached hydrogens (tertiary/aromatic N) is 1. The number of aliphatic carboxylic acids is 1. The first-order valence-electron chi connectivity index (χ1n) is 6.39. The quantitative estimate of drug-likeness (QED) is 0.769. The van der Waals surface area contributed by atoms with Crippen molar-refractivity contribution in [2.24, 2.45) is 5.92 Å². The van der Waals surface area contributed by atoms with Crippen LogP contribution in [0.2, 0.25) is 0 Å². The minimum atomic E-state index is -0.834. The van der Waals surface area contributed by atoms with Crippen molar-refractivity contribution >= 4 is 11.5 Å². The predicted octanol–water partition coefficient (Wildman–Crippen LogP) is 2.20. The van der Waals surface area contributed by atoms with E-state index < -0.39 is 5.97 Å². The molecular weight excluding hydrogens is 226 g/mol. The number of likely N-dealkylation sites (tertiary alicyclic amines) is 1. The molecule has 0 bridgehead atoms. The highest BCUT2D eigenvalue weighted by Crippen LogP contribution is 2.49. The number of carbonyl (C=O) groups is 1. The Morgan fingerprint density at radius 2 is 2.17 bits per heavy atom. The molecule has 2 aliphatic rings. The van der Waals surface area contributed by atoms with E-state index in [0.29, 0.717) is 11.8 Å². The molecule has 1 aliphatic carbocycles. The summed E-state index contributed by atoms with van der Waals surface area (Å²) in [5, 5.41) is 9.05. The van der Waals surface area contributed by atoms with E-state index in [-0.39, 0.29) is 0 Å². The third-order valence-electron chi connectivity index (χ3n) is 4.17. The summed E-state index contributed by atoms with van der Waals surface area (Å²) >= 11 is 0. The number of carboxylic acids is 1. The summed E-state index contributed by atoms with van der Waals surface area (Å²) in [5.74, 6) is 0.0135. The molecule has 94 valence electrons. The van der Waals surface area contributed by atoms with Gasteiger partial charge in [0.2, 0.25) is 0 Å². The molecule has 2 atom stereocenters. The van der Waals surface area contributed by atoms with Crippen molar-refractivity contribution in [3.8, 4) is 0 Å². The molecule has 1 heterocycles. The van der Waals surface area contributed by atoms with E-state index in [9.17, 15) is 4.79 Å². The van der Waals surface area contributed by atoms with Crippen LogP contribution in [0.15, 0.2) is 30.3 Å². The molecule has 1 aliphatic heterocycles. The number of allylic oxidation sites excluding steroid dienone is 1. The number of likely N-dealkylation sites (N-methyl/N-ethyl adjacent to an activating group) is 1. The fourth-order valence-electron chi connectivity index (χ4n) is 3.40. The third kappa shape index (κ3) is 1.75.